The van der Waals surface area contributed by atoms with Gasteiger partial charge in [0.05, 0.1) is 16.1 Å². The summed E-state index contributed by atoms with van der Waals surface area (Å²) in [6, 6.07) is 14.2. The molecule has 0 aliphatic carbocycles. The summed E-state index contributed by atoms with van der Waals surface area (Å²) >= 11 is 5.91. The third-order valence-electron chi connectivity index (χ3n) is 5.06. The van der Waals surface area contributed by atoms with Crippen LogP contribution in [-0.4, -0.2) is 20.1 Å². The predicted molar refractivity (Wildman–Crippen MR) is 123 cm³/mol. The summed E-state index contributed by atoms with van der Waals surface area (Å²) in [5.41, 5.74) is 0.736. The average Bonchev–Trinajstić information content (AvgIpc) is 3.09. The molecule has 0 aliphatic rings. The Morgan fingerprint density at radius 1 is 0.970 bits per heavy atom. The number of carbonyl (C=O) groups is 2. The minimum Gasteiger partial charge on any atom is -0.461 e. The molecule has 1 amide bonds. The Balaban J connectivity index is 1.95. The lowest BCUT2D eigenvalue weighted by Gasteiger charge is -2.23. The molecule has 168 valence electrons. The fourth-order valence-electron chi connectivity index (χ4n) is 3.56. The van der Waals surface area contributed by atoms with E-state index in [-0.39, 0.29) is 21.9 Å². The highest BCUT2D eigenvalue weighted by Gasteiger charge is 2.32. The Bertz CT molecular complexity index is 1490. The molecule has 0 atom stereocenters. The highest BCUT2D eigenvalue weighted by atomic mass is 35.5. The van der Waals surface area contributed by atoms with E-state index in [1.54, 1.807) is 6.92 Å². The molecular formula is C24H17ClFNO5S. The summed E-state index contributed by atoms with van der Waals surface area (Å²) < 4.78 is 46.8. The molecule has 33 heavy (non-hydrogen) atoms. The number of hydrogen-bond donors (Lipinski definition) is 0. The lowest BCUT2D eigenvalue weighted by molar-refractivity contribution is 0.1000. The number of rotatable bonds is 5. The SMILES string of the molecule is CC(=O)c1c(C)oc2ccc(N(C(=O)c3ccc(Cl)cc3)S(=O)(=O)c3ccc(F)cc3)cc12. The lowest BCUT2D eigenvalue weighted by atomic mass is 10.1. The largest absolute Gasteiger partial charge is 0.461 e. The van der Waals surface area contributed by atoms with Crippen LogP contribution >= 0.6 is 11.6 Å². The van der Waals surface area contributed by atoms with Gasteiger partial charge >= 0.3 is 0 Å². The van der Waals surface area contributed by atoms with Crippen molar-refractivity contribution >= 4 is 50.0 Å². The van der Waals surface area contributed by atoms with Gasteiger partial charge in [-0.25, -0.2) is 12.8 Å². The molecule has 9 heteroatoms. The maximum Gasteiger partial charge on any atom is 0.272 e. The predicted octanol–water partition coefficient (Wildman–Crippen LogP) is 5.77. The van der Waals surface area contributed by atoms with Crippen molar-refractivity contribution in [3.8, 4) is 0 Å². The van der Waals surface area contributed by atoms with Crippen molar-refractivity contribution in [2.75, 3.05) is 4.31 Å². The monoisotopic (exact) mass is 485 g/mol. The van der Waals surface area contributed by atoms with Gasteiger partial charge in [0.25, 0.3) is 15.9 Å². The third kappa shape index (κ3) is 4.15. The highest BCUT2D eigenvalue weighted by Crippen LogP contribution is 2.33. The minimum absolute atomic E-state index is 0.00456. The Morgan fingerprint density at radius 2 is 1.61 bits per heavy atom. The van der Waals surface area contributed by atoms with Gasteiger partial charge in [-0.05, 0) is 80.6 Å². The van der Waals surface area contributed by atoms with Gasteiger partial charge in [-0.3, -0.25) is 9.59 Å². The van der Waals surface area contributed by atoms with Crippen molar-refractivity contribution < 1.29 is 26.8 Å². The molecule has 1 aromatic heterocycles. The van der Waals surface area contributed by atoms with Crippen LogP contribution in [0.5, 0.6) is 0 Å². The van der Waals surface area contributed by atoms with E-state index < -0.39 is 21.7 Å². The Kier molecular flexibility index (Phi) is 5.82. The molecule has 1 heterocycles. The summed E-state index contributed by atoms with van der Waals surface area (Å²) in [7, 11) is -4.45. The van der Waals surface area contributed by atoms with E-state index in [1.165, 1.54) is 49.4 Å². The van der Waals surface area contributed by atoms with Crippen LogP contribution in [0, 0.1) is 12.7 Å². The van der Waals surface area contributed by atoms with Crippen molar-refractivity contribution in [1.29, 1.82) is 0 Å². The molecule has 0 spiro atoms. The van der Waals surface area contributed by atoms with Crippen LogP contribution in [0.4, 0.5) is 10.1 Å². The van der Waals surface area contributed by atoms with Crippen LogP contribution < -0.4 is 4.31 Å². The van der Waals surface area contributed by atoms with Crippen LogP contribution in [0.1, 0.15) is 33.4 Å². The number of benzene rings is 3. The molecule has 0 unspecified atom stereocenters. The summed E-state index contributed by atoms with van der Waals surface area (Å²) in [5, 5.41) is 0.751. The van der Waals surface area contributed by atoms with Crippen molar-refractivity contribution in [3.05, 3.63) is 94.5 Å². The molecule has 6 nitrogen and oxygen atoms in total. The van der Waals surface area contributed by atoms with Gasteiger partial charge in [-0.2, -0.15) is 4.31 Å². The molecule has 0 N–H and O–H groups in total. The fraction of sp³-hybridized carbons (Fsp3) is 0.0833. The number of hydrogen-bond acceptors (Lipinski definition) is 5. The van der Waals surface area contributed by atoms with Gasteiger partial charge in [-0.1, -0.05) is 11.6 Å². The summed E-state index contributed by atoms with van der Waals surface area (Å²) in [6.07, 6.45) is 0. The van der Waals surface area contributed by atoms with E-state index in [0.29, 0.717) is 31.6 Å². The van der Waals surface area contributed by atoms with E-state index in [0.717, 1.165) is 24.3 Å². The Labute approximate surface area is 194 Å². The standard InChI is InChI=1S/C24H17ClFNO5S/c1-14(28)23-15(2)32-22-12-9-19(13-21(22)23)27(24(29)16-3-5-17(25)6-4-16)33(30,31)20-10-7-18(26)8-11-20/h3-13H,1-2H3. The number of nitrogens with zero attached hydrogens (tertiary/aromatic N) is 1. The molecule has 0 radical (unpaired) electrons. The molecule has 4 rings (SSSR count). The zero-order valence-electron chi connectivity index (χ0n) is 17.5. The molecule has 3 aromatic carbocycles. The minimum atomic E-state index is -4.45. The molecule has 0 saturated heterocycles. The van der Waals surface area contributed by atoms with Crippen LogP contribution in [-0.2, 0) is 10.0 Å². The third-order valence-corrected chi connectivity index (χ3v) is 7.04. The van der Waals surface area contributed by atoms with Gasteiger partial charge in [-0.15, -0.1) is 0 Å². The van der Waals surface area contributed by atoms with Gasteiger partial charge in [0, 0.05) is 16.0 Å². The second-order valence-electron chi connectivity index (χ2n) is 7.31. The lowest BCUT2D eigenvalue weighted by Crippen LogP contribution is -2.37. The summed E-state index contributed by atoms with van der Waals surface area (Å²) in [4.78, 5) is 25.3. The number of carbonyl (C=O) groups excluding carboxylic acids is 2. The van der Waals surface area contributed by atoms with Crippen molar-refractivity contribution in [1.82, 2.24) is 0 Å². The number of Topliss-reactive ketones (excluding diaryl/α,β-unsaturated/α-hetero) is 1. The van der Waals surface area contributed by atoms with Crippen LogP contribution in [0.3, 0.4) is 0 Å². The number of fused-ring (bicyclic) bond motifs is 1. The smallest absolute Gasteiger partial charge is 0.272 e. The quantitative estimate of drug-likeness (QED) is 0.335. The van der Waals surface area contributed by atoms with E-state index >= 15 is 0 Å². The topological polar surface area (TPSA) is 84.7 Å². The Morgan fingerprint density at radius 3 is 2.21 bits per heavy atom. The fourth-order valence-corrected chi connectivity index (χ4v) is 5.09. The van der Waals surface area contributed by atoms with Gasteiger partial charge in [0.15, 0.2) is 5.78 Å². The van der Waals surface area contributed by atoms with Crippen molar-refractivity contribution in [3.63, 3.8) is 0 Å². The number of anilines is 1. The molecule has 0 saturated carbocycles. The van der Waals surface area contributed by atoms with Gasteiger partial charge < -0.3 is 4.42 Å². The first-order valence-corrected chi connectivity index (χ1v) is 11.6. The number of halogens is 2. The maximum absolute atomic E-state index is 13.6. The number of sulfonamides is 1. The highest BCUT2D eigenvalue weighted by molar-refractivity contribution is 7.93. The van der Waals surface area contributed by atoms with E-state index in [2.05, 4.69) is 0 Å². The van der Waals surface area contributed by atoms with Crippen LogP contribution in [0.2, 0.25) is 5.02 Å². The Hall–Kier alpha value is -3.49. The zero-order valence-corrected chi connectivity index (χ0v) is 19.1. The number of furan rings is 1. The second kappa shape index (κ2) is 8.46. The van der Waals surface area contributed by atoms with Crippen LogP contribution in [0.15, 0.2) is 76.0 Å². The summed E-state index contributed by atoms with van der Waals surface area (Å²) in [5.74, 6) is -1.35. The normalized spacial score (nSPS) is 11.5. The van der Waals surface area contributed by atoms with Crippen molar-refractivity contribution in [2.24, 2.45) is 0 Å². The number of amides is 1. The number of ketones is 1. The molecule has 0 bridgehead atoms. The first-order valence-electron chi connectivity index (χ1n) is 9.74. The van der Waals surface area contributed by atoms with Crippen molar-refractivity contribution in [2.45, 2.75) is 18.7 Å². The van der Waals surface area contributed by atoms with Gasteiger partial charge in [0.1, 0.15) is 17.2 Å². The second-order valence-corrected chi connectivity index (χ2v) is 9.53. The zero-order chi connectivity index (χ0) is 23.9. The van der Waals surface area contributed by atoms with E-state index in [1.807, 2.05) is 0 Å². The summed E-state index contributed by atoms with van der Waals surface area (Å²) in [6.45, 7) is 3.00. The molecule has 0 aliphatic heterocycles. The van der Waals surface area contributed by atoms with Crippen LogP contribution in [0.25, 0.3) is 11.0 Å². The average molecular weight is 486 g/mol. The maximum atomic E-state index is 13.6. The van der Waals surface area contributed by atoms with E-state index in [4.69, 9.17) is 16.0 Å². The molecular weight excluding hydrogens is 469 g/mol. The molecule has 4 aromatic rings. The van der Waals surface area contributed by atoms with Gasteiger partial charge in [0.2, 0.25) is 0 Å². The first kappa shape index (κ1) is 22.7. The first-order chi connectivity index (χ1) is 15.6. The molecule has 0 fully saturated rings. The number of aryl methyl sites for hydroxylation is 1. The van der Waals surface area contributed by atoms with E-state index in [9.17, 15) is 22.4 Å².